The standard InChI is InChI=1S/C18H27N3O.2ClH/c1-20(18(22)16-7-10-19-13-16)17-8-11-21(12-9-17)14-15-5-3-2-4-6-15;;/h2-6,16-17,19H,7-14H2,1H3;2*1H. The Labute approximate surface area is 157 Å². The van der Waals surface area contributed by atoms with Gasteiger partial charge in [-0.1, -0.05) is 30.3 Å². The molecule has 0 aromatic heterocycles. The van der Waals surface area contributed by atoms with Crippen molar-refractivity contribution in [3.05, 3.63) is 35.9 Å². The van der Waals surface area contributed by atoms with Crippen LogP contribution in [-0.2, 0) is 11.3 Å². The van der Waals surface area contributed by atoms with Crippen LogP contribution < -0.4 is 5.32 Å². The molecule has 2 saturated heterocycles. The van der Waals surface area contributed by atoms with Crippen LogP contribution >= 0.6 is 24.8 Å². The van der Waals surface area contributed by atoms with Crippen molar-refractivity contribution in [2.75, 3.05) is 33.2 Å². The lowest BCUT2D eigenvalue weighted by Crippen LogP contribution is -2.47. The number of hydrogen-bond acceptors (Lipinski definition) is 3. The maximum atomic E-state index is 12.5. The number of nitrogens with one attached hydrogen (secondary N) is 1. The molecule has 1 amide bonds. The van der Waals surface area contributed by atoms with Crippen molar-refractivity contribution >= 4 is 30.7 Å². The fraction of sp³-hybridized carbons (Fsp3) is 0.611. The van der Waals surface area contributed by atoms with Crippen molar-refractivity contribution in [2.24, 2.45) is 5.92 Å². The molecule has 2 heterocycles. The smallest absolute Gasteiger partial charge is 0.227 e. The van der Waals surface area contributed by atoms with Crippen LogP contribution in [0.5, 0.6) is 0 Å². The molecule has 136 valence electrons. The van der Waals surface area contributed by atoms with Gasteiger partial charge in [0.25, 0.3) is 0 Å². The monoisotopic (exact) mass is 373 g/mol. The average molecular weight is 374 g/mol. The minimum Gasteiger partial charge on any atom is -0.342 e. The SMILES string of the molecule is CN(C(=O)C1CCNC1)C1CCN(Cc2ccccc2)CC1.Cl.Cl. The molecule has 3 rings (SSSR count). The first kappa shape index (κ1) is 21.2. The van der Waals surface area contributed by atoms with E-state index >= 15 is 0 Å². The fourth-order valence-electron chi connectivity index (χ4n) is 3.64. The second-order valence-corrected chi connectivity index (χ2v) is 6.63. The number of rotatable bonds is 4. The fourth-order valence-corrected chi connectivity index (χ4v) is 3.64. The van der Waals surface area contributed by atoms with Gasteiger partial charge in [-0.05, 0) is 31.4 Å². The normalized spacial score (nSPS) is 21.6. The van der Waals surface area contributed by atoms with Gasteiger partial charge in [-0.15, -0.1) is 24.8 Å². The van der Waals surface area contributed by atoms with Crippen molar-refractivity contribution in [1.29, 1.82) is 0 Å². The highest BCUT2D eigenvalue weighted by atomic mass is 35.5. The summed E-state index contributed by atoms with van der Waals surface area (Å²) in [5, 5.41) is 3.29. The number of amides is 1. The molecule has 2 fully saturated rings. The van der Waals surface area contributed by atoms with Gasteiger partial charge in [0.2, 0.25) is 5.91 Å². The van der Waals surface area contributed by atoms with E-state index in [1.54, 1.807) is 0 Å². The highest BCUT2D eigenvalue weighted by Gasteiger charge is 2.30. The molecule has 1 N–H and O–H groups in total. The second kappa shape index (κ2) is 10.2. The van der Waals surface area contributed by atoms with Gasteiger partial charge in [-0.3, -0.25) is 9.69 Å². The summed E-state index contributed by atoms with van der Waals surface area (Å²) in [6.45, 7) is 5.04. The van der Waals surface area contributed by atoms with E-state index in [9.17, 15) is 4.79 Å². The van der Waals surface area contributed by atoms with Gasteiger partial charge < -0.3 is 10.2 Å². The van der Waals surface area contributed by atoms with Crippen LogP contribution in [0.4, 0.5) is 0 Å². The number of carbonyl (C=O) groups excluding carboxylic acids is 1. The number of nitrogens with zero attached hydrogens (tertiary/aromatic N) is 2. The summed E-state index contributed by atoms with van der Waals surface area (Å²) in [7, 11) is 2.00. The van der Waals surface area contributed by atoms with E-state index in [-0.39, 0.29) is 30.7 Å². The Morgan fingerprint density at radius 2 is 1.83 bits per heavy atom. The number of likely N-dealkylation sites (tertiary alicyclic amines) is 1. The average Bonchev–Trinajstić information content (AvgIpc) is 3.10. The van der Waals surface area contributed by atoms with Crippen LogP contribution in [0, 0.1) is 5.92 Å². The molecule has 6 heteroatoms. The lowest BCUT2D eigenvalue weighted by atomic mass is 10.00. The molecule has 1 unspecified atom stereocenters. The molecule has 1 atom stereocenters. The Hall–Kier alpha value is -0.810. The maximum absolute atomic E-state index is 12.5. The van der Waals surface area contributed by atoms with Gasteiger partial charge in [-0.2, -0.15) is 0 Å². The van der Waals surface area contributed by atoms with Crippen molar-refractivity contribution in [3.8, 4) is 0 Å². The highest BCUT2D eigenvalue weighted by molar-refractivity contribution is 5.85. The molecule has 0 aliphatic carbocycles. The van der Waals surface area contributed by atoms with E-state index in [2.05, 4.69) is 40.5 Å². The lowest BCUT2D eigenvalue weighted by molar-refractivity contribution is -0.136. The van der Waals surface area contributed by atoms with E-state index in [4.69, 9.17) is 0 Å². The van der Waals surface area contributed by atoms with E-state index in [1.165, 1.54) is 5.56 Å². The molecule has 0 bridgehead atoms. The van der Waals surface area contributed by atoms with E-state index < -0.39 is 0 Å². The lowest BCUT2D eigenvalue weighted by Gasteiger charge is -2.37. The number of piperidine rings is 1. The number of benzene rings is 1. The van der Waals surface area contributed by atoms with Crippen molar-refractivity contribution in [1.82, 2.24) is 15.1 Å². The van der Waals surface area contributed by atoms with Crippen LogP contribution in [0.1, 0.15) is 24.8 Å². The third-order valence-electron chi connectivity index (χ3n) is 5.11. The molecule has 0 radical (unpaired) electrons. The molecule has 0 spiro atoms. The zero-order valence-corrected chi connectivity index (χ0v) is 16.0. The first-order chi connectivity index (χ1) is 10.7. The Balaban J connectivity index is 0.00000144. The Kier molecular flexibility index (Phi) is 9.06. The number of hydrogen-bond donors (Lipinski definition) is 1. The topological polar surface area (TPSA) is 35.6 Å². The summed E-state index contributed by atoms with van der Waals surface area (Å²) in [5.74, 6) is 0.541. The van der Waals surface area contributed by atoms with Crippen LogP contribution in [-0.4, -0.2) is 55.0 Å². The number of carbonyl (C=O) groups is 1. The molecule has 2 aliphatic rings. The van der Waals surface area contributed by atoms with Gasteiger partial charge in [0.05, 0.1) is 5.92 Å². The van der Waals surface area contributed by atoms with Gasteiger partial charge in [-0.25, -0.2) is 0 Å². The van der Waals surface area contributed by atoms with Crippen LogP contribution in [0.25, 0.3) is 0 Å². The van der Waals surface area contributed by atoms with Crippen molar-refractivity contribution in [3.63, 3.8) is 0 Å². The largest absolute Gasteiger partial charge is 0.342 e. The third kappa shape index (κ3) is 5.35. The van der Waals surface area contributed by atoms with E-state index in [1.807, 2.05) is 11.9 Å². The Morgan fingerprint density at radius 3 is 2.42 bits per heavy atom. The summed E-state index contributed by atoms with van der Waals surface area (Å²) in [6, 6.07) is 11.1. The van der Waals surface area contributed by atoms with Crippen molar-refractivity contribution < 1.29 is 4.79 Å². The molecule has 0 saturated carbocycles. The maximum Gasteiger partial charge on any atom is 0.227 e. The molecule has 1 aromatic carbocycles. The number of halogens is 2. The summed E-state index contributed by atoms with van der Waals surface area (Å²) < 4.78 is 0. The molecular formula is C18H29Cl2N3O. The Morgan fingerprint density at radius 1 is 1.17 bits per heavy atom. The zero-order valence-electron chi connectivity index (χ0n) is 14.3. The highest BCUT2D eigenvalue weighted by Crippen LogP contribution is 2.20. The van der Waals surface area contributed by atoms with Crippen molar-refractivity contribution in [2.45, 2.75) is 31.8 Å². The molecule has 2 aliphatic heterocycles. The van der Waals surface area contributed by atoms with Gasteiger partial charge >= 0.3 is 0 Å². The predicted octanol–water partition coefficient (Wildman–Crippen LogP) is 2.56. The zero-order chi connectivity index (χ0) is 15.4. The molecule has 24 heavy (non-hydrogen) atoms. The van der Waals surface area contributed by atoms with Gasteiger partial charge in [0.15, 0.2) is 0 Å². The third-order valence-corrected chi connectivity index (χ3v) is 5.11. The van der Waals surface area contributed by atoms with Crippen LogP contribution in [0.15, 0.2) is 30.3 Å². The predicted molar refractivity (Wildman–Crippen MR) is 103 cm³/mol. The second-order valence-electron chi connectivity index (χ2n) is 6.63. The first-order valence-electron chi connectivity index (χ1n) is 8.47. The first-order valence-corrected chi connectivity index (χ1v) is 8.47. The van der Waals surface area contributed by atoms with Crippen LogP contribution in [0.3, 0.4) is 0 Å². The summed E-state index contributed by atoms with van der Waals surface area (Å²) in [5.41, 5.74) is 1.38. The quantitative estimate of drug-likeness (QED) is 0.880. The van der Waals surface area contributed by atoms with E-state index in [0.29, 0.717) is 11.9 Å². The minimum absolute atomic E-state index is 0. The Bertz CT molecular complexity index is 486. The molecule has 1 aromatic rings. The summed E-state index contributed by atoms with van der Waals surface area (Å²) >= 11 is 0. The summed E-state index contributed by atoms with van der Waals surface area (Å²) in [4.78, 5) is 17.0. The molecular weight excluding hydrogens is 345 g/mol. The van der Waals surface area contributed by atoms with Gasteiger partial charge in [0.1, 0.15) is 0 Å². The molecule has 4 nitrogen and oxygen atoms in total. The minimum atomic E-state index is 0. The van der Waals surface area contributed by atoms with Gasteiger partial charge in [0, 0.05) is 39.3 Å². The van der Waals surface area contributed by atoms with E-state index in [0.717, 1.165) is 52.0 Å². The van der Waals surface area contributed by atoms with Crippen LogP contribution in [0.2, 0.25) is 0 Å². The summed E-state index contributed by atoms with van der Waals surface area (Å²) in [6.07, 6.45) is 3.18.